The molecule has 8 nitrogen and oxygen atoms in total. The van der Waals surface area contributed by atoms with E-state index in [1.165, 1.54) is 4.31 Å². The van der Waals surface area contributed by atoms with E-state index in [9.17, 15) is 18.0 Å². The molecular formula is C16H23N3O5S. The topological polar surface area (TPSA) is 105 Å². The van der Waals surface area contributed by atoms with E-state index in [2.05, 4.69) is 10.6 Å². The summed E-state index contributed by atoms with van der Waals surface area (Å²) in [4.78, 5) is 24.0. The molecule has 1 aromatic rings. The first kappa shape index (κ1) is 19.2. The van der Waals surface area contributed by atoms with Gasteiger partial charge in [-0.2, -0.15) is 0 Å². The normalized spacial score (nSPS) is 16.4. The van der Waals surface area contributed by atoms with E-state index in [1.807, 2.05) is 6.92 Å². The molecule has 1 aliphatic rings. The van der Waals surface area contributed by atoms with Gasteiger partial charge in [0.15, 0.2) is 0 Å². The largest absolute Gasteiger partial charge is 0.493 e. The van der Waals surface area contributed by atoms with Crippen molar-refractivity contribution >= 4 is 21.8 Å². The minimum absolute atomic E-state index is 0.163. The Hall–Kier alpha value is -2.13. The average Bonchev–Trinajstić information content (AvgIpc) is 2.92. The number of hydrogen-bond donors (Lipinski definition) is 2. The van der Waals surface area contributed by atoms with Gasteiger partial charge in [-0.05, 0) is 25.5 Å². The number of carbonyl (C=O) groups excluding carboxylic acids is 2. The van der Waals surface area contributed by atoms with E-state index in [0.717, 1.165) is 0 Å². The quantitative estimate of drug-likeness (QED) is 0.669. The van der Waals surface area contributed by atoms with E-state index in [-0.39, 0.29) is 31.3 Å². The number of hydrogen-bond acceptors (Lipinski definition) is 5. The van der Waals surface area contributed by atoms with E-state index >= 15 is 0 Å². The number of amides is 2. The van der Waals surface area contributed by atoms with Crippen molar-refractivity contribution in [2.24, 2.45) is 0 Å². The van der Waals surface area contributed by atoms with Crippen LogP contribution in [0.25, 0.3) is 0 Å². The van der Waals surface area contributed by atoms with E-state index < -0.39 is 15.9 Å². The Balaban J connectivity index is 1.75. The van der Waals surface area contributed by atoms with Crippen LogP contribution in [-0.2, 0) is 14.8 Å². The first-order valence-corrected chi connectivity index (χ1v) is 9.79. The summed E-state index contributed by atoms with van der Waals surface area (Å²) in [6, 6.07) is 6.79. The molecule has 1 fully saturated rings. The maximum Gasteiger partial charge on any atom is 0.255 e. The van der Waals surface area contributed by atoms with Crippen LogP contribution in [0.3, 0.4) is 0 Å². The van der Waals surface area contributed by atoms with E-state index in [1.54, 1.807) is 24.3 Å². The zero-order valence-electron chi connectivity index (χ0n) is 14.2. The highest BCUT2D eigenvalue weighted by molar-refractivity contribution is 7.89. The van der Waals surface area contributed by atoms with Crippen molar-refractivity contribution in [3.8, 4) is 5.75 Å². The third-order valence-corrected chi connectivity index (χ3v) is 5.68. The molecule has 1 aromatic carbocycles. The molecule has 25 heavy (non-hydrogen) atoms. The molecule has 1 heterocycles. The van der Waals surface area contributed by atoms with Crippen molar-refractivity contribution in [2.45, 2.75) is 13.3 Å². The molecule has 0 aliphatic carbocycles. The van der Waals surface area contributed by atoms with Crippen LogP contribution in [0.1, 0.15) is 23.7 Å². The fourth-order valence-corrected chi connectivity index (χ4v) is 4.05. The Morgan fingerprint density at radius 2 is 2.00 bits per heavy atom. The molecule has 9 heteroatoms. The summed E-state index contributed by atoms with van der Waals surface area (Å²) in [5, 5.41) is 5.13. The number of carbonyl (C=O) groups is 2. The zero-order valence-corrected chi connectivity index (χ0v) is 15.0. The highest BCUT2D eigenvalue weighted by Crippen LogP contribution is 2.17. The molecule has 0 radical (unpaired) electrons. The summed E-state index contributed by atoms with van der Waals surface area (Å²) in [5.41, 5.74) is 0.361. The van der Waals surface area contributed by atoms with Crippen LogP contribution in [0.5, 0.6) is 5.75 Å². The second-order valence-electron chi connectivity index (χ2n) is 5.53. The van der Waals surface area contributed by atoms with Crippen molar-refractivity contribution in [3.63, 3.8) is 0 Å². The summed E-state index contributed by atoms with van der Waals surface area (Å²) < 4.78 is 30.0. The number of para-hydroxylation sites is 1. The first-order chi connectivity index (χ1) is 11.9. The van der Waals surface area contributed by atoms with Crippen LogP contribution in [-0.4, -0.2) is 63.1 Å². The van der Waals surface area contributed by atoms with Crippen LogP contribution in [0.15, 0.2) is 24.3 Å². The fraction of sp³-hybridized carbons (Fsp3) is 0.500. The molecule has 0 bridgehead atoms. The zero-order chi connectivity index (χ0) is 18.3. The van der Waals surface area contributed by atoms with Gasteiger partial charge in [-0.15, -0.1) is 0 Å². The van der Waals surface area contributed by atoms with Gasteiger partial charge in [0.25, 0.3) is 5.91 Å². The minimum atomic E-state index is -3.16. The van der Waals surface area contributed by atoms with Crippen LogP contribution in [0.4, 0.5) is 0 Å². The molecule has 0 unspecified atom stereocenters. The first-order valence-electron chi connectivity index (χ1n) is 8.18. The number of sulfonamides is 1. The molecule has 2 N–H and O–H groups in total. The molecule has 1 aliphatic heterocycles. The number of benzene rings is 1. The summed E-state index contributed by atoms with van der Waals surface area (Å²) >= 11 is 0. The van der Waals surface area contributed by atoms with Gasteiger partial charge < -0.3 is 15.4 Å². The summed E-state index contributed by atoms with van der Waals surface area (Å²) in [7, 11) is -3.16. The Bertz CT molecular complexity index is 720. The average molecular weight is 369 g/mol. The van der Waals surface area contributed by atoms with Gasteiger partial charge in [0, 0.05) is 19.6 Å². The predicted octanol–water partition coefficient (Wildman–Crippen LogP) is -0.0332. The molecule has 0 spiro atoms. The molecule has 0 atom stereocenters. The van der Waals surface area contributed by atoms with Gasteiger partial charge in [0.05, 0.1) is 24.5 Å². The van der Waals surface area contributed by atoms with E-state index in [4.69, 9.17) is 4.74 Å². The van der Waals surface area contributed by atoms with Crippen molar-refractivity contribution in [2.75, 3.05) is 38.5 Å². The van der Waals surface area contributed by atoms with Gasteiger partial charge >= 0.3 is 0 Å². The maximum atomic E-state index is 12.2. The van der Waals surface area contributed by atoms with E-state index in [0.29, 0.717) is 30.9 Å². The number of nitrogens with one attached hydrogen (secondary N) is 2. The predicted molar refractivity (Wildman–Crippen MR) is 92.9 cm³/mol. The smallest absolute Gasteiger partial charge is 0.255 e. The Labute approximate surface area is 147 Å². The molecule has 0 saturated carbocycles. The lowest BCUT2D eigenvalue weighted by atomic mass is 10.2. The lowest BCUT2D eigenvalue weighted by molar-refractivity contribution is -0.120. The fourth-order valence-electron chi connectivity index (χ4n) is 2.52. The van der Waals surface area contributed by atoms with Gasteiger partial charge in [0.2, 0.25) is 15.9 Å². The van der Waals surface area contributed by atoms with Gasteiger partial charge in [-0.3, -0.25) is 9.59 Å². The third kappa shape index (κ3) is 5.43. The number of ether oxygens (including phenoxy) is 1. The highest BCUT2D eigenvalue weighted by Gasteiger charge is 2.27. The van der Waals surface area contributed by atoms with Crippen LogP contribution < -0.4 is 15.4 Å². The van der Waals surface area contributed by atoms with Gasteiger partial charge in [0.1, 0.15) is 5.75 Å². The number of nitrogens with zero attached hydrogens (tertiary/aromatic N) is 1. The third-order valence-electron chi connectivity index (χ3n) is 3.73. The number of rotatable bonds is 8. The van der Waals surface area contributed by atoms with Crippen LogP contribution in [0, 0.1) is 0 Å². The highest BCUT2D eigenvalue weighted by atomic mass is 32.2. The molecular weight excluding hydrogens is 346 g/mol. The van der Waals surface area contributed by atoms with Crippen molar-refractivity contribution in [3.05, 3.63) is 29.8 Å². The summed E-state index contributed by atoms with van der Waals surface area (Å²) in [6.07, 6.45) is 0.617. The lowest BCUT2D eigenvalue weighted by Gasteiger charge is -2.14. The second-order valence-corrected chi connectivity index (χ2v) is 7.62. The Morgan fingerprint density at radius 1 is 1.24 bits per heavy atom. The van der Waals surface area contributed by atoms with Crippen molar-refractivity contribution < 1.29 is 22.7 Å². The van der Waals surface area contributed by atoms with Crippen molar-refractivity contribution in [1.29, 1.82) is 0 Å². The lowest BCUT2D eigenvalue weighted by Crippen LogP contribution is -2.41. The molecule has 1 saturated heterocycles. The Kier molecular flexibility index (Phi) is 6.77. The van der Waals surface area contributed by atoms with Crippen LogP contribution in [0.2, 0.25) is 0 Å². The molecule has 0 aromatic heterocycles. The Morgan fingerprint density at radius 3 is 2.68 bits per heavy atom. The van der Waals surface area contributed by atoms with Crippen molar-refractivity contribution in [1.82, 2.24) is 14.9 Å². The van der Waals surface area contributed by atoms with Gasteiger partial charge in [-0.1, -0.05) is 12.1 Å². The second kappa shape index (κ2) is 8.82. The minimum Gasteiger partial charge on any atom is -0.493 e. The maximum absolute atomic E-state index is 12.2. The SMILES string of the molecule is CCOc1ccccc1C(=O)NCC(=O)NCCN1CCCS1(=O)=O. The molecule has 138 valence electrons. The van der Waals surface area contributed by atoms with Gasteiger partial charge in [-0.25, -0.2) is 12.7 Å². The van der Waals surface area contributed by atoms with Crippen LogP contribution >= 0.6 is 0 Å². The monoisotopic (exact) mass is 369 g/mol. The molecule has 2 rings (SSSR count). The standard InChI is InChI=1S/C16H23N3O5S/c1-2-24-14-7-4-3-6-13(14)16(21)18-12-15(20)17-8-10-19-9-5-11-25(19,22)23/h3-4,6-7H,2,5,8-12H2,1H3,(H,17,20)(H,18,21). The summed E-state index contributed by atoms with van der Waals surface area (Å²) in [6.45, 7) is 3.01. The summed E-state index contributed by atoms with van der Waals surface area (Å²) in [5.74, 6) is -0.154. The molecule has 2 amide bonds.